The Kier molecular flexibility index (Phi) is 7.97. The number of rotatable bonds is 8. The van der Waals surface area contributed by atoms with Crippen molar-refractivity contribution in [2.45, 2.75) is 25.4 Å². The smallest absolute Gasteiger partial charge is 0.236 e. The first kappa shape index (κ1) is 16.4. The lowest BCUT2D eigenvalue weighted by molar-refractivity contribution is -0.131. The molecule has 0 aliphatic carbocycles. The molecule has 1 saturated heterocycles. The van der Waals surface area contributed by atoms with Crippen LogP contribution in [0.1, 0.15) is 19.3 Å². The van der Waals surface area contributed by atoms with E-state index in [4.69, 9.17) is 15.6 Å². The maximum atomic E-state index is 11.9. The van der Waals surface area contributed by atoms with E-state index in [1.807, 2.05) is 7.05 Å². The normalized spacial score (nSPS) is 17.6. The molecule has 0 aromatic rings. The van der Waals surface area contributed by atoms with Gasteiger partial charge in [-0.25, -0.2) is 0 Å². The Morgan fingerprint density at radius 2 is 2.16 bits per heavy atom. The zero-order chi connectivity index (χ0) is 14.1. The van der Waals surface area contributed by atoms with Crippen LogP contribution in [0, 0.1) is 0 Å². The standard InChI is InChI=1S/C13H27N3O3/c1-15(6-2-5-14)13(18)11-16-7-3-12(4-8-16)19-10-9-17/h12,17H,2-11,14H2,1H3. The number of amides is 1. The number of ether oxygens (including phenoxy) is 1. The highest BCUT2D eigenvalue weighted by atomic mass is 16.5. The number of carbonyl (C=O) groups is 1. The maximum Gasteiger partial charge on any atom is 0.236 e. The minimum atomic E-state index is 0.0740. The van der Waals surface area contributed by atoms with E-state index in [0.29, 0.717) is 19.7 Å². The zero-order valence-electron chi connectivity index (χ0n) is 11.9. The van der Waals surface area contributed by atoms with Crippen molar-refractivity contribution in [2.75, 3.05) is 53.0 Å². The highest BCUT2D eigenvalue weighted by Gasteiger charge is 2.22. The van der Waals surface area contributed by atoms with E-state index in [1.54, 1.807) is 4.90 Å². The van der Waals surface area contributed by atoms with Crippen LogP contribution in [-0.2, 0) is 9.53 Å². The SMILES string of the molecule is CN(CCCN)C(=O)CN1CCC(OCCO)CC1. The second-order valence-electron chi connectivity index (χ2n) is 5.03. The Morgan fingerprint density at radius 3 is 2.74 bits per heavy atom. The Balaban J connectivity index is 2.19. The largest absolute Gasteiger partial charge is 0.394 e. The first-order valence-electron chi connectivity index (χ1n) is 7.06. The summed E-state index contributed by atoms with van der Waals surface area (Å²) in [6.45, 7) is 4.07. The molecule has 1 aliphatic heterocycles. The van der Waals surface area contributed by atoms with E-state index in [2.05, 4.69) is 4.90 Å². The number of nitrogens with zero attached hydrogens (tertiary/aromatic N) is 2. The highest BCUT2D eigenvalue weighted by molar-refractivity contribution is 5.77. The Bertz CT molecular complexity index is 256. The number of hydrogen-bond donors (Lipinski definition) is 2. The summed E-state index contributed by atoms with van der Waals surface area (Å²) in [4.78, 5) is 15.9. The van der Waals surface area contributed by atoms with Crippen molar-refractivity contribution >= 4 is 5.91 Å². The fourth-order valence-corrected chi connectivity index (χ4v) is 2.22. The fourth-order valence-electron chi connectivity index (χ4n) is 2.22. The third kappa shape index (κ3) is 6.33. The van der Waals surface area contributed by atoms with Crippen LogP contribution in [0.5, 0.6) is 0 Å². The summed E-state index contributed by atoms with van der Waals surface area (Å²) < 4.78 is 5.50. The van der Waals surface area contributed by atoms with Gasteiger partial charge in [0.1, 0.15) is 0 Å². The molecule has 1 aliphatic rings. The molecule has 0 atom stereocenters. The zero-order valence-corrected chi connectivity index (χ0v) is 11.9. The molecule has 0 radical (unpaired) electrons. The van der Waals surface area contributed by atoms with Crippen LogP contribution >= 0.6 is 0 Å². The molecule has 1 rings (SSSR count). The van der Waals surface area contributed by atoms with Gasteiger partial charge < -0.3 is 20.5 Å². The van der Waals surface area contributed by atoms with Crippen LogP contribution in [0.2, 0.25) is 0 Å². The van der Waals surface area contributed by atoms with E-state index >= 15 is 0 Å². The molecular formula is C13H27N3O3. The van der Waals surface area contributed by atoms with E-state index in [0.717, 1.165) is 38.9 Å². The van der Waals surface area contributed by atoms with Gasteiger partial charge in [-0.2, -0.15) is 0 Å². The number of piperidine rings is 1. The Morgan fingerprint density at radius 1 is 1.47 bits per heavy atom. The maximum absolute atomic E-state index is 11.9. The number of aliphatic hydroxyl groups excluding tert-OH is 1. The van der Waals surface area contributed by atoms with Crippen molar-refractivity contribution in [1.29, 1.82) is 0 Å². The number of hydrogen-bond acceptors (Lipinski definition) is 5. The second kappa shape index (κ2) is 9.25. The van der Waals surface area contributed by atoms with Crippen molar-refractivity contribution in [2.24, 2.45) is 5.73 Å². The van der Waals surface area contributed by atoms with Gasteiger partial charge in [0.15, 0.2) is 0 Å². The van der Waals surface area contributed by atoms with Crippen molar-refractivity contribution in [3.63, 3.8) is 0 Å². The second-order valence-corrected chi connectivity index (χ2v) is 5.03. The summed E-state index contributed by atoms with van der Waals surface area (Å²) in [5, 5.41) is 8.71. The van der Waals surface area contributed by atoms with E-state index in [-0.39, 0.29) is 18.6 Å². The Hall–Kier alpha value is -0.690. The fraction of sp³-hybridized carbons (Fsp3) is 0.923. The van der Waals surface area contributed by atoms with Crippen molar-refractivity contribution in [3.05, 3.63) is 0 Å². The van der Waals surface area contributed by atoms with Gasteiger partial charge in [0.25, 0.3) is 0 Å². The first-order chi connectivity index (χ1) is 9.17. The van der Waals surface area contributed by atoms with Crippen LogP contribution < -0.4 is 5.73 Å². The summed E-state index contributed by atoms with van der Waals surface area (Å²) in [6.07, 6.45) is 2.94. The van der Waals surface area contributed by atoms with Crippen LogP contribution in [-0.4, -0.2) is 79.9 Å². The average Bonchev–Trinajstić information content (AvgIpc) is 2.43. The third-order valence-corrected chi connectivity index (χ3v) is 3.46. The molecule has 1 fully saturated rings. The number of likely N-dealkylation sites (N-methyl/N-ethyl adjacent to an activating group) is 1. The lowest BCUT2D eigenvalue weighted by Crippen LogP contribution is -2.44. The average molecular weight is 273 g/mol. The van der Waals surface area contributed by atoms with Gasteiger partial charge in [0.05, 0.1) is 25.9 Å². The van der Waals surface area contributed by atoms with Gasteiger partial charge in [-0.1, -0.05) is 0 Å². The molecule has 0 aromatic heterocycles. The van der Waals surface area contributed by atoms with E-state index in [1.165, 1.54) is 0 Å². The van der Waals surface area contributed by atoms with Gasteiger partial charge in [-0.3, -0.25) is 9.69 Å². The van der Waals surface area contributed by atoms with Crippen molar-refractivity contribution < 1.29 is 14.6 Å². The molecule has 19 heavy (non-hydrogen) atoms. The first-order valence-corrected chi connectivity index (χ1v) is 7.06. The topological polar surface area (TPSA) is 79.0 Å². The monoisotopic (exact) mass is 273 g/mol. The summed E-state index contributed by atoms with van der Waals surface area (Å²) in [7, 11) is 1.83. The van der Waals surface area contributed by atoms with Crippen LogP contribution in [0.4, 0.5) is 0 Å². The predicted octanol–water partition coefficient (Wildman–Crippen LogP) is -0.733. The number of carbonyl (C=O) groups excluding carboxylic acids is 1. The van der Waals surface area contributed by atoms with Crippen LogP contribution in [0.25, 0.3) is 0 Å². The lowest BCUT2D eigenvalue weighted by atomic mass is 10.1. The molecule has 6 nitrogen and oxygen atoms in total. The molecule has 0 aromatic carbocycles. The van der Waals surface area contributed by atoms with E-state index < -0.39 is 0 Å². The lowest BCUT2D eigenvalue weighted by Gasteiger charge is -2.32. The van der Waals surface area contributed by atoms with Crippen LogP contribution in [0.15, 0.2) is 0 Å². The molecule has 3 N–H and O–H groups in total. The van der Waals surface area contributed by atoms with Crippen molar-refractivity contribution in [3.8, 4) is 0 Å². The molecule has 0 spiro atoms. The van der Waals surface area contributed by atoms with Gasteiger partial charge in [-0.05, 0) is 25.8 Å². The van der Waals surface area contributed by atoms with Gasteiger partial charge in [0.2, 0.25) is 5.91 Å². The van der Waals surface area contributed by atoms with Crippen molar-refractivity contribution in [1.82, 2.24) is 9.80 Å². The quantitative estimate of drug-likeness (QED) is 0.609. The molecular weight excluding hydrogens is 246 g/mol. The number of aliphatic hydroxyl groups is 1. The molecule has 1 heterocycles. The molecule has 1 amide bonds. The minimum absolute atomic E-state index is 0.0740. The summed E-state index contributed by atoms with van der Waals surface area (Å²) >= 11 is 0. The third-order valence-electron chi connectivity index (χ3n) is 3.46. The van der Waals surface area contributed by atoms with Gasteiger partial charge in [-0.15, -0.1) is 0 Å². The minimum Gasteiger partial charge on any atom is -0.394 e. The Labute approximate surface area is 115 Å². The molecule has 0 saturated carbocycles. The highest BCUT2D eigenvalue weighted by Crippen LogP contribution is 2.13. The number of nitrogens with two attached hydrogens (primary N) is 1. The molecule has 0 unspecified atom stereocenters. The molecule has 112 valence electrons. The van der Waals surface area contributed by atoms with E-state index in [9.17, 15) is 4.79 Å². The predicted molar refractivity (Wildman–Crippen MR) is 73.8 cm³/mol. The summed E-state index contributed by atoms with van der Waals surface area (Å²) in [5.41, 5.74) is 5.44. The van der Waals surface area contributed by atoms with Gasteiger partial charge in [0, 0.05) is 26.7 Å². The summed E-state index contributed by atoms with van der Waals surface area (Å²) in [5.74, 6) is 0.156. The molecule has 0 bridgehead atoms. The van der Waals surface area contributed by atoms with Crippen LogP contribution in [0.3, 0.4) is 0 Å². The summed E-state index contributed by atoms with van der Waals surface area (Å²) in [6, 6.07) is 0. The van der Waals surface area contributed by atoms with Gasteiger partial charge >= 0.3 is 0 Å². The molecule has 6 heteroatoms. The number of likely N-dealkylation sites (tertiary alicyclic amines) is 1.